The smallest absolute Gasteiger partial charge is 0.318 e. The zero-order chi connectivity index (χ0) is 16.7. The molecule has 3 unspecified atom stereocenters. The molecule has 0 radical (unpaired) electrons. The predicted molar refractivity (Wildman–Crippen MR) is 84.3 cm³/mol. The molecule has 6 heteroatoms. The van der Waals surface area contributed by atoms with E-state index < -0.39 is 12.2 Å². The van der Waals surface area contributed by atoms with Crippen molar-refractivity contribution in [1.82, 2.24) is 10.2 Å². The minimum atomic E-state index is -1.09. The maximum absolute atomic E-state index is 13.5. The van der Waals surface area contributed by atoms with Gasteiger partial charge in [-0.25, -0.2) is 9.18 Å². The van der Waals surface area contributed by atoms with Crippen LogP contribution in [0.15, 0.2) is 30.3 Å². The molecule has 0 spiro atoms. The summed E-state index contributed by atoms with van der Waals surface area (Å²) < 4.78 is 13.5. The van der Waals surface area contributed by atoms with E-state index in [0.29, 0.717) is 19.3 Å². The number of hydrogen-bond donors (Lipinski definition) is 2. The number of unbranched alkanes of at least 4 members (excludes halogenated alkanes) is 1. The van der Waals surface area contributed by atoms with Crippen LogP contribution in [0, 0.1) is 11.3 Å². The fourth-order valence-corrected chi connectivity index (χ4v) is 2.91. The van der Waals surface area contributed by atoms with E-state index in [1.165, 1.54) is 4.90 Å². The number of nitriles is 1. The van der Waals surface area contributed by atoms with E-state index >= 15 is 0 Å². The number of rotatable bonds is 6. The van der Waals surface area contributed by atoms with Crippen LogP contribution in [0.3, 0.4) is 0 Å². The number of aliphatic hydroxyl groups excluding tert-OH is 1. The Morgan fingerprint density at radius 2 is 2.22 bits per heavy atom. The molecule has 2 amide bonds. The van der Waals surface area contributed by atoms with Crippen LogP contribution >= 0.6 is 0 Å². The molecule has 5 nitrogen and oxygen atoms in total. The van der Waals surface area contributed by atoms with Crippen LogP contribution in [-0.2, 0) is 0 Å². The first-order chi connectivity index (χ1) is 11.2. The lowest BCUT2D eigenvalue weighted by Crippen LogP contribution is -2.45. The van der Waals surface area contributed by atoms with Gasteiger partial charge in [-0.1, -0.05) is 30.3 Å². The third kappa shape index (κ3) is 4.67. The largest absolute Gasteiger partial charge is 0.394 e. The molecule has 1 aliphatic rings. The molecule has 2 rings (SSSR count). The van der Waals surface area contributed by atoms with Crippen molar-refractivity contribution in [3.63, 3.8) is 0 Å². The average Bonchev–Trinajstić information content (AvgIpc) is 2.96. The van der Waals surface area contributed by atoms with Gasteiger partial charge in [0.15, 0.2) is 0 Å². The molecule has 23 heavy (non-hydrogen) atoms. The maximum atomic E-state index is 13.5. The molecular formula is C17H22FN3O2. The number of aliphatic hydroxyl groups is 1. The Kier molecular flexibility index (Phi) is 6.36. The number of carbonyl (C=O) groups is 1. The monoisotopic (exact) mass is 319 g/mol. The number of carbonyl (C=O) groups excluding carboxylic acids is 1. The van der Waals surface area contributed by atoms with Gasteiger partial charge in [-0.3, -0.25) is 0 Å². The SMILES string of the molecule is N#CCCCC(NC(=O)N1CC(F)CC1CO)c1ccccc1. The molecule has 1 aromatic carbocycles. The van der Waals surface area contributed by atoms with Gasteiger partial charge in [-0.05, 0) is 18.4 Å². The summed E-state index contributed by atoms with van der Waals surface area (Å²) in [5.41, 5.74) is 0.954. The van der Waals surface area contributed by atoms with Gasteiger partial charge in [-0.15, -0.1) is 0 Å². The van der Waals surface area contributed by atoms with Crippen molar-refractivity contribution < 1.29 is 14.3 Å². The molecule has 1 heterocycles. The Hall–Kier alpha value is -2.13. The van der Waals surface area contributed by atoms with E-state index in [9.17, 15) is 14.3 Å². The highest BCUT2D eigenvalue weighted by Gasteiger charge is 2.35. The first-order valence-corrected chi connectivity index (χ1v) is 7.89. The first kappa shape index (κ1) is 17.2. The number of halogens is 1. The molecule has 1 saturated heterocycles. The van der Waals surface area contributed by atoms with Gasteiger partial charge in [0, 0.05) is 12.8 Å². The number of alkyl halides is 1. The quantitative estimate of drug-likeness (QED) is 0.791. The van der Waals surface area contributed by atoms with Gasteiger partial charge in [-0.2, -0.15) is 5.26 Å². The molecule has 0 saturated carbocycles. The van der Waals surface area contributed by atoms with Gasteiger partial charge in [0.05, 0.1) is 31.3 Å². The summed E-state index contributed by atoms with van der Waals surface area (Å²) in [4.78, 5) is 13.8. The van der Waals surface area contributed by atoms with E-state index in [4.69, 9.17) is 5.26 Å². The lowest BCUT2D eigenvalue weighted by Gasteiger charge is -2.27. The number of hydrogen-bond acceptors (Lipinski definition) is 3. The fourth-order valence-electron chi connectivity index (χ4n) is 2.91. The van der Waals surface area contributed by atoms with Crippen LogP contribution in [0.5, 0.6) is 0 Å². The van der Waals surface area contributed by atoms with Crippen molar-refractivity contribution in [2.45, 2.75) is 43.9 Å². The number of nitrogens with zero attached hydrogens (tertiary/aromatic N) is 2. The van der Waals surface area contributed by atoms with Crippen molar-refractivity contribution in [2.24, 2.45) is 0 Å². The Balaban J connectivity index is 2.04. The van der Waals surface area contributed by atoms with Gasteiger partial charge < -0.3 is 15.3 Å². The van der Waals surface area contributed by atoms with E-state index in [-0.39, 0.29) is 31.6 Å². The summed E-state index contributed by atoms with van der Waals surface area (Å²) >= 11 is 0. The molecule has 2 N–H and O–H groups in total. The molecule has 0 aliphatic carbocycles. The highest BCUT2D eigenvalue weighted by atomic mass is 19.1. The van der Waals surface area contributed by atoms with Gasteiger partial charge >= 0.3 is 6.03 Å². The highest BCUT2D eigenvalue weighted by Crippen LogP contribution is 2.23. The average molecular weight is 319 g/mol. The van der Waals surface area contributed by atoms with E-state index in [2.05, 4.69) is 11.4 Å². The summed E-state index contributed by atoms with van der Waals surface area (Å²) in [6, 6.07) is 10.6. The Bertz CT molecular complexity index is 547. The van der Waals surface area contributed by atoms with Crippen molar-refractivity contribution in [1.29, 1.82) is 5.26 Å². The summed E-state index contributed by atoms with van der Waals surface area (Å²) in [6.07, 6.45) is 0.820. The van der Waals surface area contributed by atoms with Crippen molar-refractivity contribution in [3.8, 4) is 6.07 Å². The summed E-state index contributed by atoms with van der Waals surface area (Å²) in [5, 5.41) is 20.9. The lowest BCUT2D eigenvalue weighted by molar-refractivity contribution is 0.154. The number of urea groups is 1. The minimum absolute atomic E-state index is 0.0107. The number of nitrogens with one attached hydrogen (secondary N) is 1. The summed E-state index contributed by atoms with van der Waals surface area (Å²) in [6.45, 7) is -0.227. The second kappa shape index (κ2) is 8.49. The van der Waals surface area contributed by atoms with E-state index in [1.54, 1.807) is 0 Å². The molecule has 1 aromatic rings. The molecule has 124 valence electrons. The first-order valence-electron chi connectivity index (χ1n) is 7.89. The Morgan fingerprint density at radius 3 is 2.87 bits per heavy atom. The van der Waals surface area contributed by atoms with Gasteiger partial charge in [0.1, 0.15) is 6.17 Å². The van der Waals surface area contributed by atoms with Crippen LogP contribution in [0.25, 0.3) is 0 Å². The normalized spacial score (nSPS) is 21.7. The molecule has 1 fully saturated rings. The van der Waals surface area contributed by atoms with Crippen molar-refractivity contribution in [3.05, 3.63) is 35.9 Å². The zero-order valence-corrected chi connectivity index (χ0v) is 13.0. The fraction of sp³-hybridized carbons (Fsp3) is 0.529. The molecular weight excluding hydrogens is 297 g/mol. The zero-order valence-electron chi connectivity index (χ0n) is 13.0. The van der Waals surface area contributed by atoms with E-state index in [1.807, 2.05) is 30.3 Å². The molecule has 3 atom stereocenters. The van der Waals surface area contributed by atoms with Crippen LogP contribution in [0.1, 0.15) is 37.3 Å². The minimum Gasteiger partial charge on any atom is -0.394 e. The summed E-state index contributed by atoms with van der Waals surface area (Å²) in [5.74, 6) is 0. The maximum Gasteiger partial charge on any atom is 0.318 e. The Labute approximate surface area is 135 Å². The van der Waals surface area contributed by atoms with Crippen molar-refractivity contribution in [2.75, 3.05) is 13.2 Å². The second-order valence-corrected chi connectivity index (χ2v) is 5.78. The molecule has 0 bridgehead atoms. The third-order valence-electron chi connectivity index (χ3n) is 4.12. The predicted octanol–water partition coefficient (Wildman–Crippen LogP) is 2.54. The topological polar surface area (TPSA) is 76.4 Å². The van der Waals surface area contributed by atoms with Crippen LogP contribution in [0.2, 0.25) is 0 Å². The van der Waals surface area contributed by atoms with Crippen molar-refractivity contribution >= 4 is 6.03 Å². The highest BCUT2D eigenvalue weighted by molar-refractivity contribution is 5.75. The van der Waals surface area contributed by atoms with E-state index in [0.717, 1.165) is 5.56 Å². The standard InChI is InChI=1S/C17H22FN3O2/c18-14-10-15(12-22)21(11-14)17(23)20-16(8-4-5-9-19)13-6-2-1-3-7-13/h1-3,6-7,14-16,22H,4-5,8,10-12H2,(H,20,23). The summed E-state index contributed by atoms with van der Waals surface area (Å²) in [7, 11) is 0. The molecule has 1 aliphatic heterocycles. The van der Waals surface area contributed by atoms with Crippen LogP contribution < -0.4 is 5.32 Å². The number of amides is 2. The van der Waals surface area contributed by atoms with Gasteiger partial charge in [0.2, 0.25) is 0 Å². The third-order valence-corrected chi connectivity index (χ3v) is 4.12. The second-order valence-electron chi connectivity index (χ2n) is 5.78. The Morgan fingerprint density at radius 1 is 1.48 bits per heavy atom. The van der Waals surface area contributed by atoms with Gasteiger partial charge in [0.25, 0.3) is 0 Å². The number of benzene rings is 1. The molecule has 0 aromatic heterocycles. The number of likely N-dealkylation sites (tertiary alicyclic amines) is 1. The lowest BCUT2D eigenvalue weighted by atomic mass is 10.0. The van der Waals surface area contributed by atoms with Crippen LogP contribution in [-0.4, -0.2) is 41.4 Å². The van der Waals surface area contributed by atoms with Crippen LogP contribution in [0.4, 0.5) is 9.18 Å².